The number of nitrogens with one attached hydrogen (secondary N) is 1. The summed E-state index contributed by atoms with van der Waals surface area (Å²) in [5, 5.41) is 22.9. The van der Waals surface area contributed by atoms with Crippen LogP contribution in [0.3, 0.4) is 0 Å². The number of carbonyl (C=O) groups excluding carboxylic acids is 2. The molecule has 6 nitrogen and oxygen atoms in total. The fraction of sp³-hybridized carbons (Fsp3) is 0.864. The van der Waals surface area contributed by atoms with Crippen LogP contribution in [-0.4, -0.2) is 47.4 Å². The van der Waals surface area contributed by atoms with E-state index in [2.05, 4.69) is 31.3 Å². The molecule has 2 unspecified atom stereocenters. The molecule has 6 heteroatoms. The van der Waals surface area contributed by atoms with Gasteiger partial charge in [0, 0.05) is 12.8 Å². The molecule has 0 fully saturated rings. The normalized spacial score (nSPS) is 13.0. The standard InChI is InChI=1S/C44H83NO5/c1-3-5-7-9-11-13-15-17-20-24-28-32-36-42(47)41(40-46)45-43(48)37-33-29-25-21-18-19-23-27-31-35-39-50-44(49)38-34-30-26-22-16-14-12-10-8-6-4-2/h10,12,32,36,41-42,46-47H,3-9,11,13-31,33-35,37-40H2,1-2H3,(H,45,48)/b12-10-,36-32+. The molecule has 0 aliphatic rings. The van der Waals surface area contributed by atoms with Crippen LogP contribution in [0.15, 0.2) is 24.3 Å². The van der Waals surface area contributed by atoms with E-state index in [1.807, 2.05) is 6.08 Å². The lowest BCUT2D eigenvalue weighted by atomic mass is 10.0. The summed E-state index contributed by atoms with van der Waals surface area (Å²) < 4.78 is 5.41. The zero-order valence-corrected chi connectivity index (χ0v) is 33.1. The second kappa shape index (κ2) is 40.1. The molecule has 0 aliphatic heterocycles. The Morgan fingerprint density at radius 2 is 0.960 bits per heavy atom. The molecule has 0 radical (unpaired) electrons. The van der Waals surface area contributed by atoms with Gasteiger partial charge < -0.3 is 20.3 Å². The number of esters is 1. The maximum atomic E-state index is 12.4. The molecular formula is C44H83NO5. The van der Waals surface area contributed by atoms with Gasteiger partial charge in [0.15, 0.2) is 0 Å². The van der Waals surface area contributed by atoms with E-state index in [9.17, 15) is 19.8 Å². The number of aliphatic hydroxyl groups excluding tert-OH is 2. The number of allylic oxidation sites excluding steroid dienone is 3. The first kappa shape index (κ1) is 48.3. The summed E-state index contributed by atoms with van der Waals surface area (Å²) in [6.07, 6.45) is 44.4. The Morgan fingerprint density at radius 1 is 0.540 bits per heavy atom. The molecule has 0 aromatic carbocycles. The Balaban J connectivity index is 3.55. The highest BCUT2D eigenvalue weighted by molar-refractivity contribution is 5.76. The first-order valence-corrected chi connectivity index (χ1v) is 21.6. The Morgan fingerprint density at radius 3 is 1.48 bits per heavy atom. The van der Waals surface area contributed by atoms with E-state index in [4.69, 9.17) is 4.74 Å². The second-order valence-electron chi connectivity index (χ2n) is 14.7. The minimum Gasteiger partial charge on any atom is -0.466 e. The molecule has 50 heavy (non-hydrogen) atoms. The van der Waals surface area contributed by atoms with Crippen molar-refractivity contribution in [2.75, 3.05) is 13.2 Å². The van der Waals surface area contributed by atoms with Crippen molar-refractivity contribution in [2.45, 2.75) is 231 Å². The van der Waals surface area contributed by atoms with Gasteiger partial charge in [0.05, 0.1) is 25.4 Å². The van der Waals surface area contributed by atoms with Gasteiger partial charge >= 0.3 is 5.97 Å². The van der Waals surface area contributed by atoms with Crippen LogP contribution in [0.1, 0.15) is 219 Å². The Labute approximate surface area is 310 Å². The Bertz CT molecular complexity index is 782. The summed E-state index contributed by atoms with van der Waals surface area (Å²) in [5.41, 5.74) is 0. The fourth-order valence-electron chi connectivity index (χ4n) is 6.32. The number of aliphatic hydroxyl groups is 2. The smallest absolute Gasteiger partial charge is 0.305 e. The van der Waals surface area contributed by atoms with Crippen molar-refractivity contribution in [3.05, 3.63) is 24.3 Å². The summed E-state index contributed by atoms with van der Waals surface area (Å²) in [4.78, 5) is 24.3. The van der Waals surface area contributed by atoms with Crippen LogP contribution >= 0.6 is 0 Å². The third kappa shape index (κ3) is 36.1. The lowest BCUT2D eigenvalue weighted by Gasteiger charge is -2.20. The van der Waals surface area contributed by atoms with Gasteiger partial charge in [-0.05, 0) is 51.4 Å². The predicted octanol–water partition coefficient (Wildman–Crippen LogP) is 12.0. The van der Waals surface area contributed by atoms with Gasteiger partial charge in [-0.15, -0.1) is 0 Å². The van der Waals surface area contributed by atoms with Crippen LogP contribution in [0, 0.1) is 0 Å². The first-order chi connectivity index (χ1) is 24.5. The van der Waals surface area contributed by atoms with E-state index in [1.54, 1.807) is 6.08 Å². The summed E-state index contributed by atoms with van der Waals surface area (Å²) in [6, 6.07) is -0.643. The van der Waals surface area contributed by atoms with Gasteiger partial charge in [0.25, 0.3) is 0 Å². The third-order valence-electron chi connectivity index (χ3n) is 9.72. The van der Waals surface area contributed by atoms with E-state index in [0.717, 1.165) is 57.8 Å². The van der Waals surface area contributed by atoms with E-state index in [-0.39, 0.29) is 18.5 Å². The number of rotatable bonds is 39. The number of ether oxygens (including phenoxy) is 1. The Kier molecular flexibility index (Phi) is 38.8. The summed E-state index contributed by atoms with van der Waals surface area (Å²) in [6.45, 7) is 4.78. The monoisotopic (exact) mass is 706 g/mol. The molecule has 2 atom stereocenters. The minimum absolute atomic E-state index is 0.0330. The van der Waals surface area contributed by atoms with Crippen LogP contribution in [0.4, 0.5) is 0 Å². The number of amides is 1. The highest BCUT2D eigenvalue weighted by Crippen LogP contribution is 2.14. The highest BCUT2D eigenvalue weighted by atomic mass is 16.5. The summed E-state index contributed by atoms with van der Waals surface area (Å²) in [7, 11) is 0. The molecule has 0 saturated carbocycles. The number of hydrogen-bond acceptors (Lipinski definition) is 5. The van der Waals surface area contributed by atoms with Crippen molar-refractivity contribution < 1.29 is 24.5 Å². The average Bonchev–Trinajstić information content (AvgIpc) is 3.11. The molecule has 0 bridgehead atoms. The summed E-state index contributed by atoms with van der Waals surface area (Å²) >= 11 is 0. The zero-order chi connectivity index (χ0) is 36.6. The van der Waals surface area contributed by atoms with Crippen LogP contribution < -0.4 is 5.32 Å². The van der Waals surface area contributed by atoms with Crippen molar-refractivity contribution in [1.82, 2.24) is 5.32 Å². The Hall–Kier alpha value is -1.66. The van der Waals surface area contributed by atoms with Gasteiger partial charge in [-0.3, -0.25) is 9.59 Å². The van der Waals surface area contributed by atoms with Crippen molar-refractivity contribution in [3.8, 4) is 0 Å². The molecule has 0 aromatic rings. The van der Waals surface area contributed by atoms with Gasteiger partial charge in [0.1, 0.15) is 0 Å². The van der Waals surface area contributed by atoms with Gasteiger partial charge in [-0.25, -0.2) is 0 Å². The maximum Gasteiger partial charge on any atom is 0.305 e. The number of carbonyl (C=O) groups is 2. The highest BCUT2D eigenvalue weighted by Gasteiger charge is 2.18. The fourth-order valence-corrected chi connectivity index (χ4v) is 6.32. The van der Waals surface area contributed by atoms with Crippen molar-refractivity contribution >= 4 is 11.9 Å². The molecule has 0 aliphatic carbocycles. The lowest BCUT2D eigenvalue weighted by Crippen LogP contribution is -2.45. The topological polar surface area (TPSA) is 95.9 Å². The van der Waals surface area contributed by atoms with E-state index < -0.39 is 12.1 Å². The predicted molar refractivity (Wildman–Crippen MR) is 213 cm³/mol. The average molecular weight is 706 g/mol. The molecule has 0 rings (SSSR count). The van der Waals surface area contributed by atoms with Crippen LogP contribution in [-0.2, 0) is 14.3 Å². The second-order valence-corrected chi connectivity index (χ2v) is 14.7. The zero-order valence-electron chi connectivity index (χ0n) is 33.1. The SMILES string of the molecule is CCCC/C=C\CCCCCCCC(=O)OCCCCCCCCCCCCC(=O)NC(CO)C(O)/C=C/CCCCCCCCCCCC. The molecule has 0 heterocycles. The van der Waals surface area contributed by atoms with Gasteiger partial charge in [-0.2, -0.15) is 0 Å². The molecule has 0 aromatic heterocycles. The van der Waals surface area contributed by atoms with Gasteiger partial charge in [-0.1, -0.05) is 179 Å². The van der Waals surface area contributed by atoms with Crippen molar-refractivity contribution in [1.29, 1.82) is 0 Å². The van der Waals surface area contributed by atoms with E-state index >= 15 is 0 Å². The molecule has 0 saturated heterocycles. The van der Waals surface area contributed by atoms with Crippen LogP contribution in [0.2, 0.25) is 0 Å². The summed E-state index contributed by atoms with van der Waals surface area (Å²) in [5.74, 6) is -0.127. The van der Waals surface area contributed by atoms with Gasteiger partial charge in [0.2, 0.25) is 5.91 Å². The van der Waals surface area contributed by atoms with E-state index in [1.165, 1.54) is 135 Å². The first-order valence-electron chi connectivity index (χ1n) is 21.6. The van der Waals surface area contributed by atoms with Crippen molar-refractivity contribution in [3.63, 3.8) is 0 Å². The van der Waals surface area contributed by atoms with Crippen LogP contribution in [0.25, 0.3) is 0 Å². The number of unbranched alkanes of at least 4 members (excludes halogenated alkanes) is 26. The maximum absolute atomic E-state index is 12.4. The van der Waals surface area contributed by atoms with E-state index in [0.29, 0.717) is 19.4 Å². The molecule has 294 valence electrons. The molecule has 0 spiro atoms. The van der Waals surface area contributed by atoms with Crippen LogP contribution in [0.5, 0.6) is 0 Å². The lowest BCUT2D eigenvalue weighted by molar-refractivity contribution is -0.143. The number of hydrogen-bond donors (Lipinski definition) is 3. The molecular weight excluding hydrogens is 622 g/mol. The molecule has 1 amide bonds. The largest absolute Gasteiger partial charge is 0.466 e. The minimum atomic E-state index is -0.857. The molecule has 3 N–H and O–H groups in total. The third-order valence-corrected chi connectivity index (χ3v) is 9.72. The quantitative estimate of drug-likeness (QED) is 0.0336. The van der Waals surface area contributed by atoms with Crippen molar-refractivity contribution in [2.24, 2.45) is 0 Å².